The smallest absolute Gasteiger partial charge is 0.129 e. The number of aromatic nitrogens is 2. The Balaban J connectivity index is 2.52. The number of nitrogens with zero attached hydrogens (tertiary/aromatic N) is 2. The first-order valence-corrected chi connectivity index (χ1v) is 6.00. The van der Waals surface area contributed by atoms with E-state index in [-0.39, 0.29) is 6.04 Å². The molecule has 98 valence electrons. The molecule has 2 rings (SSSR count). The van der Waals surface area contributed by atoms with E-state index in [9.17, 15) is 0 Å². The van der Waals surface area contributed by atoms with Crippen molar-refractivity contribution < 1.29 is 9.47 Å². The van der Waals surface area contributed by atoms with E-state index in [1.165, 1.54) is 0 Å². The predicted octanol–water partition coefficient (Wildman–Crippen LogP) is 1.71. The summed E-state index contributed by atoms with van der Waals surface area (Å²) in [5.41, 5.74) is 8.05. The maximum absolute atomic E-state index is 6.08. The van der Waals surface area contributed by atoms with Gasteiger partial charge in [0.15, 0.2) is 0 Å². The van der Waals surface area contributed by atoms with Crippen LogP contribution in [0.5, 0.6) is 5.75 Å². The molecule has 0 aliphatic carbocycles. The number of hydrogen-bond donors (Lipinski definition) is 1. The first-order chi connectivity index (χ1) is 8.71. The van der Waals surface area contributed by atoms with Crippen molar-refractivity contribution in [1.82, 2.24) is 9.55 Å². The Kier molecular flexibility index (Phi) is 3.84. The highest BCUT2D eigenvalue weighted by Crippen LogP contribution is 2.24. The molecule has 18 heavy (non-hydrogen) atoms. The molecule has 1 aromatic heterocycles. The summed E-state index contributed by atoms with van der Waals surface area (Å²) in [5, 5.41) is 0. The molecule has 1 aromatic carbocycles. The first-order valence-electron chi connectivity index (χ1n) is 6.00. The number of benzene rings is 1. The van der Waals surface area contributed by atoms with E-state index < -0.39 is 0 Å². The van der Waals surface area contributed by atoms with Crippen LogP contribution in [0.15, 0.2) is 18.2 Å². The summed E-state index contributed by atoms with van der Waals surface area (Å²) in [4.78, 5) is 4.59. The lowest BCUT2D eigenvalue weighted by Gasteiger charge is -2.12. The molecule has 1 heterocycles. The molecule has 5 nitrogen and oxygen atoms in total. The minimum atomic E-state index is -0.214. The largest absolute Gasteiger partial charge is 0.497 e. The van der Waals surface area contributed by atoms with Gasteiger partial charge in [0.05, 0.1) is 30.8 Å². The third-order valence-electron chi connectivity index (χ3n) is 2.98. The molecular weight excluding hydrogens is 230 g/mol. The van der Waals surface area contributed by atoms with Crippen LogP contribution in [-0.4, -0.2) is 30.4 Å². The van der Waals surface area contributed by atoms with Gasteiger partial charge < -0.3 is 19.8 Å². The number of methoxy groups -OCH3 is 2. The summed E-state index contributed by atoms with van der Waals surface area (Å²) < 4.78 is 12.4. The van der Waals surface area contributed by atoms with E-state index in [4.69, 9.17) is 15.2 Å². The van der Waals surface area contributed by atoms with Crippen molar-refractivity contribution in [3.8, 4) is 5.75 Å². The fraction of sp³-hybridized carbons (Fsp3) is 0.462. The first kappa shape index (κ1) is 12.9. The van der Waals surface area contributed by atoms with Gasteiger partial charge in [-0.1, -0.05) is 0 Å². The van der Waals surface area contributed by atoms with Crippen molar-refractivity contribution >= 4 is 11.0 Å². The molecule has 1 atom stereocenters. The Morgan fingerprint density at radius 3 is 2.78 bits per heavy atom. The van der Waals surface area contributed by atoms with Crippen molar-refractivity contribution in [1.29, 1.82) is 0 Å². The van der Waals surface area contributed by atoms with E-state index in [1.54, 1.807) is 14.2 Å². The molecule has 1 unspecified atom stereocenters. The van der Waals surface area contributed by atoms with Gasteiger partial charge in [-0.25, -0.2) is 4.98 Å². The lowest BCUT2D eigenvalue weighted by atomic mass is 10.3. The van der Waals surface area contributed by atoms with Crippen LogP contribution < -0.4 is 10.5 Å². The maximum Gasteiger partial charge on any atom is 0.129 e. The summed E-state index contributed by atoms with van der Waals surface area (Å²) in [7, 11) is 3.29. The molecule has 0 spiro atoms. The highest BCUT2D eigenvalue weighted by Gasteiger charge is 2.16. The minimum absolute atomic E-state index is 0.214. The van der Waals surface area contributed by atoms with Gasteiger partial charge in [-0.15, -0.1) is 0 Å². The summed E-state index contributed by atoms with van der Waals surface area (Å²) >= 11 is 0. The van der Waals surface area contributed by atoms with Crippen LogP contribution in [0.3, 0.4) is 0 Å². The summed E-state index contributed by atoms with van der Waals surface area (Å²) in [5.74, 6) is 1.65. The average molecular weight is 249 g/mol. The number of imidazole rings is 1. The zero-order valence-corrected chi connectivity index (χ0v) is 11.0. The van der Waals surface area contributed by atoms with Crippen LogP contribution >= 0.6 is 0 Å². The topological polar surface area (TPSA) is 62.3 Å². The molecule has 0 amide bonds. The molecule has 2 aromatic rings. The molecule has 0 saturated carbocycles. The number of hydrogen-bond acceptors (Lipinski definition) is 4. The van der Waals surface area contributed by atoms with Gasteiger partial charge in [0.1, 0.15) is 11.6 Å². The van der Waals surface area contributed by atoms with Gasteiger partial charge in [0.2, 0.25) is 0 Å². The Labute approximate surface area is 107 Å². The highest BCUT2D eigenvalue weighted by atomic mass is 16.5. The highest BCUT2D eigenvalue weighted by molar-refractivity contribution is 5.78. The number of aryl methyl sites for hydroxylation is 1. The fourth-order valence-corrected chi connectivity index (χ4v) is 2.12. The molecule has 0 radical (unpaired) electrons. The zero-order valence-electron chi connectivity index (χ0n) is 11.0. The quantitative estimate of drug-likeness (QED) is 0.876. The van der Waals surface area contributed by atoms with Gasteiger partial charge >= 0.3 is 0 Å². The second-order valence-corrected chi connectivity index (χ2v) is 4.13. The Bertz CT molecular complexity index is 536. The second kappa shape index (κ2) is 5.37. The summed E-state index contributed by atoms with van der Waals surface area (Å²) in [6, 6.07) is 5.65. The van der Waals surface area contributed by atoms with Gasteiger partial charge in [-0.05, 0) is 19.1 Å². The summed E-state index contributed by atoms with van der Waals surface area (Å²) in [6.45, 7) is 3.37. The van der Waals surface area contributed by atoms with E-state index in [1.807, 2.05) is 18.2 Å². The second-order valence-electron chi connectivity index (χ2n) is 4.13. The molecule has 0 aliphatic heterocycles. The van der Waals surface area contributed by atoms with Crippen LogP contribution in [-0.2, 0) is 11.3 Å². The third-order valence-corrected chi connectivity index (χ3v) is 2.98. The normalized spacial score (nSPS) is 12.9. The zero-order chi connectivity index (χ0) is 13.1. The standard InChI is InChI=1S/C13H19N3O2/c1-4-16-12-6-5-9(18-3)7-11(12)15-13(16)10(14)8-17-2/h5-7,10H,4,8,14H2,1-3H3. The van der Waals surface area contributed by atoms with Crippen LogP contribution in [0, 0.1) is 0 Å². The van der Waals surface area contributed by atoms with Gasteiger partial charge in [-0.3, -0.25) is 0 Å². The van der Waals surface area contributed by atoms with Crippen LogP contribution in [0.1, 0.15) is 18.8 Å². The van der Waals surface area contributed by atoms with Crippen molar-refractivity contribution in [2.75, 3.05) is 20.8 Å². The van der Waals surface area contributed by atoms with Gasteiger partial charge in [0, 0.05) is 19.7 Å². The lowest BCUT2D eigenvalue weighted by molar-refractivity contribution is 0.177. The molecule has 0 saturated heterocycles. The maximum atomic E-state index is 6.08. The Morgan fingerprint density at radius 2 is 2.17 bits per heavy atom. The molecular formula is C13H19N3O2. The SMILES string of the molecule is CCn1c(C(N)COC)nc2cc(OC)ccc21. The fourth-order valence-electron chi connectivity index (χ4n) is 2.12. The van der Waals surface area contributed by atoms with Crippen molar-refractivity contribution in [2.24, 2.45) is 5.73 Å². The molecule has 0 aliphatic rings. The van der Waals surface area contributed by atoms with Gasteiger partial charge in [-0.2, -0.15) is 0 Å². The average Bonchev–Trinajstić information content (AvgIpc) is 2.76. The number of fused-ring (bicyclic) bond motifs is 1. The van der Waals surface area contributed by atoms with Crippen LogP contribution in [0.25, 0.3) is 11.0 Å². The number of nitrogens with two attached hydrogens (primary N) is 1. The van der Waals surface area contributed by atoms with E-state index in [2.05, 4.69) is 16.5 Å². The predicted molar refractivity (Wildman–Crippen MR) is 70.8 cm³/mol. The molecule has 5 heteroatoms. The lowest BCUT2D eigenvalue weighted by Crippen LogP contribution is -2.20. The third kappa shape index (κ3) is 2.19. The van der Waals surface area contributed by atoms with Crippen molar-refractivity contribution in [3.63, 3.8) is 0 Å². The van der Waals surface area contributed by atoms with Crippen LogP contribution in [0.2, 0.25) is 0 Å². The van der Waals surface area contributed by atoms with Crippen molar-refractivity contribution in [2.45, 2.75) is 19.5 Å². The molecule has 0 fully saturated rings. The van der Waals surface area contributed by atoms with E-state index in [0.29, 0.717) is 6.61 Å². The monoisotopic (exact) mass is 249 g/mol. The van der Waals surface area contributed by atoms with Crippen molar-refractivity contribution in [3.05, 3.63) is 24.0 Å². The Morgan fingerprint density at radius 1 is 1.39 bits per heavy atom. The number of rotatable bonds is 5. The van der Waals surface area contributed by atoms with E-state index in [0.717, 1.165) is 29.2 Å². The Hall–Kier alpha value is -1.59. The van der Waals surface area contributed by atoms with Gasteiger partial charge in [0.25, 0.3) is 0 Å². The number of ether oxygens (including phenoxy) is 2. The van der Waals surface area contributed by atoms with E-state index >= 15 is 0 Å². The molecule has 0 bridgehead atoms. The minimum Gasteiger partial charge on any atom is -0.497 e. The van der Waals surface area contributed by atoms with Crippen LogP contribution in [0.4, 0.5) is 0 Å². The molecule has 2 N–H and O–H groups in total. The summed E-state index contributed by atoms with van der Waals surface area (Å²) in [6.07, 6.45) is 0.